The lowest BCUT2D eigenvalue weighted by Crippen LogP contribution is -2.43. The van der Waals surface area contributed by atoms with Crippen LogP contribution in [0.3, 0.4) is 0 Å². The Morgan fingerprint density at radius 3 is 1.66 bits per heavy atom. The molecule has 1 unspecified atom stereocenters. The zero-order valence-electron chi connectivity index (χ0n) is 20.6. The first-order chi connectivity index (χ1) is 16.1. The summed E-state index contributed by atoms with van der Waals surface area (Å²) in [6.07, 6.45) is 2.55. The highest BCUT2D eigenvalue weighted by Crippen LogP contribution is 2.50. The van der Waals surface area contributed by atoms with Crippen LogP contribution in [0.2, 0.25) is 15.1 Å². The van der Waals surface area contributed by atoms with Gasteiger partial charge in [0.25, 0.3) is 0 Å². The fraction of sp³-hybridized carbons (Fsp3) is 0.333. The number of hydrogen-bond acceptors (Lipinski definition) is 4. The van der Waals surface area contributed by atoms with Crippen molar-refractivity contribution >= 4 is 42.1 Å². The highest BCUT2D eigenvalue weighted by atomic mass is 35.5. The number of aryl methyl sites for hydroxylation is 3. The first-order valence-corrected chi connectivity index (χ1v) is 12.6. The second kappa shape index (κ2) is 12.6. The molecule has 0 spiro atoms. The summed E-state index contributed by atoms with van der Waals surface area (Å²) in [6.45, 7) is 7.92. The number of rotatable bonds is 9. The molecule has 0 bridgehead atoms. The average Bonchev–Trinajstić information content (AvgIpc) is 2.78. The lowest BCUT2D eigenvalue weighted by Gasteiger charge is -2.43. The Balaban J connectivity index is 0.00000432. The quantitative estimate of drug-likeness (QED) is 0.242. The lowest BCUT2D eigenvalue weighted by molar-refractivity contribution is 0.0223. The molecule has 0 heterocycles. The molecule has 0 aliphatic rings. The molecule has 3 aromatic carbocycles. The monoisotopic (exact) mass is 535 g/mol. The van der Waals surface area contributed by atoms with Crippen LogP contribution in [0.1, 0.15) is 65.5 Å². The number of hydrogen-bond donors (Lipinski definition) is 3. The Kier molecular flexibility index (Phi) is 10.7. The van der Waals surface area contributed by atoms with E-state index in [4.69, 9.17) is 39.5 Å². The topological polar surface area (TPSA) is 84.7 Å². The summed E-state index contributed by atoms with van der Waals surface area (Å²) in [6, 6.07) is 17.3. The standard InChI is InChI=1S/C27H30BCl3O3.H3N/c1-5-6-7-23(20-11-8-17(2)24(29)14-20)27(34-28(32)33,21-12-9-18(3)25(30)15-21)22-13-10-19(4)26(31)16-22;/h8-16,23,32-33H,5-7H2,1-4H3;1H3. The van der Waals surface area contributed by atoms with Gasteiger partial charge in [-0.1, -0.05) is 91.0 Å². The number of unbranched alkanes of at least 4 members (excludes halogenated alkanes) is 1. The minimum absolute atomic E-state index is 0. The molecular weight excluding hydrogens is 503 g/mol. The molecule has 3 aromatic rings. The molecule has 0 aromatic heterocycles. The van der Waals surface area contributed by atoms with Gasteiger partial charge in [-0.3, -0.25) is 0 Å². The van der Waals surface area contributed by atoms with Crippen LogP contribution < -0.4 is 6.15 Å². The van der Waals surface area contributed by atoms with Crippen LogP contribution in [-0.4, -0.2) is 17.4 Å². The van der Waals surface area contributed by atoms with Gasteiger partial charge in [0.1, 0.15) is 5.60 Å². The van der Waals surface area contributed by atoms with Gasteiger partial charge >= 0.3 is 7.32 Å². The van der Waals surface area contributed by atoms with E-state index in [0.717, 1.165) is 35.1 Å². The maximum atomic E-state index is 10.2. The third-order valence-corrected chi connectivity index (χ3v) is 7.65. The Morgan fingerprint density at radius 1 is 0.800 bits per heavy atom. The van der Waals surface area contributed by atoms with E-state index in [1.165, 1.54) is 0 Å². The van der Waals surface area contributed by atoms with E-state index in [0.29, 0.717) is 32.6 Å². The molecule has 35 heavy (non-hydrogen) atoms. The van der Waals surface area contributed by atoms with Crippen molar-refractivity contribution < 1.29 is 14.7 Å². The molecule has 0 amide bonds. The van der Waals surface area contributed by atoms with Crippen molar-refractivity contribution in [2.45, 2.75) is 58.5 Å². The van der Waals surface area contributed by atoms with Crippen LogP contribution in [0.4, 0.5) is 0 Å². The van der Waals surface area contributed by atoms with Gasteiger partial charge in [0.15, 0.2) is 0 Å². The predicted molar refractivity (Wildman–Crippen MR) is 148 cm³/mol. The minimum Gasteiger partial charge on any atom is -0.402 e. The van der Waals surface area contributed by atoms with Crippen LogP contribution in [0, 0.1) is 20.8 Å². The molecular formula is C27H33BCl3NO3. The molecule has 0 radical (unpaired) electrons. The van der Waals surface area contributed by atoms with Crippen molar-refractivity contribution in [1.29, 1.82) is 0 Å². The molecule has 3 rings (SSSR count). The summed E-state index contributed by atoms with van der Waals surface area (Å²) in [5.74, 6) is -0.315. The van der Waals surface area contributed by atoms with E-state index in [-0.39, 0.29) is 12.1 Å². The summed E-state index contributed by atoms with van der Waals surface area (Å²) >= 11 is 19.7. The Morgan fingerprint density at radius 2 is 1.26 bits per heavy atom. The predicted octanol–water partition coefficient (Wildman–Crippen LogP) is 7.94. The van der Waals surface area contributed by atoms with Crippen molar-refractivity contribution in [3.63, 3.8) is 0 Å². The SMILES string of the molecule is CCCCC(c1ccc(C)c(Cl)c1)C(OB(O)O)(c1ccc(C)c(Cl)c1)c1ccc(C)c(Cl)c1.N. The lowest BCUT2D eigenvalue weighted by atomic mass is 9.69. The molecule has 0 aliphatic heterocycles. The maximum absolute atomic E-state index is 10.2. The third kappa shape index (κ3) is 6.42. The summed E-state index contributed by atoms with van der Waals surface area (Å²) in [5.41, 5.74) is 3.83. The Labute approximate surface area is 224 Å². The highest BCUT2D eigenvalue weighted by molar-refractivity contribution is 6.33. The summed E-state index contributed by atoms with van der Waals surface area (Å²) in [5, 5.41) is 22.2. The van der Waals surface area contributed by atoms with Crippen LogP contribution >= 0.6 is 34.8 Å². The zero-order chi connectivity index (χ0) is 25.0. The molecule has 188 valence electrons. The van der Waals surface area contributed by atoms with Crippen molar-refractivity contribution in [2.24, 2.45) is 0 Å². The number of benzene rings is 3. The van der Waals surface area contributed by atoms with Crippen molar-refractivity contribution in [3.8, 4) is 0 Å². The average molecular weight is 537 g/mol. The van der Waals surface area contributed by atoms with Gasteiger partial charge in [-0.2, -0.15) is 0 Å². The van der Waals surface area contributed by atoms with Crippen LogP contribution in [-0.2, 0) is 10.3 Å². The minimum atomic E-state index is -2.04. The smallest absolute Gasteiger partial charge is 0.402 e. The summed E-state index contributed by atoms with van der Waals surface area (Å²) in [7, 11) is -2.04. The zero-order valence-corrected chi connectivity index (χ0v) is 22.9. The molecule has 0 aliphatic carbocycles. The van der Waals surface area contributed by atoms with Gasteiger partial charge in [-0.05, 0) is 78.8 Å². The van der Waals surface area contributed by atoms with Crippen molar-refractivity contribution in [3.05, 3.63) is 103 Å². The fourth-order valence-electron chi connectivity index (χ4n) is 4.44. The maximum Gasteiger partial charge on any atom is 0.634 e. The molecule has 0 saturated heterocycles. The fourth-order valence-corrected chi connectivity index (χ4v) is 4.99. The van der Waals surface area contributed by atoms with Gasteiger partial charge in [0, 0.05) is 21.0 Å². The van der Waals surface area contributed by atoms with E-state index in [1.54, 1.807) is 0 Å². The van der Waals surface area contributed by atoms with Gasteiger partial charge in [-0.15, -0.1) is 0 Å². The van der Waals surface area contributed by atoms with Crippen LogP contribution in [0.5, 0.6) is 0 Å². The van der Waals surface area contributed by atoms with E-state index in [9.17, 15) is 10.0 Å². The van der Waals surface area contributed by atoms with Gasteiger partial charge in [0.2, 0.25) is 0 Å². The van der Waals surface area contributed by atoms with Gasteiger partial charge in [-0.25, -0.2) is 0 Å². The first-order valence-electron chi connectivity index (χ1n) is 11.4. The van der Waals surface area contributed by atoms with Crippen LogP contribution in [0.15, 0.2) is 54.6 Å². The molecule has 0 fully saturated rings. The van der Waals surface area contributed by atoms with E-state index in [2.05, 4.69) is 6.92 Å². The van der Waals surface area contributed by atoms with E-state index < -0.39 is 12.9 Å². The third-order valence-electron chi connectivity index (χ3n) is 6.43. The second-order valence-electron chi connectivity index (χ2n) is 8.81. The molecule has 8 heteroatoms. The van der Waals surface area contributed by atoms with Crippen molar-refractivity contribution in [2.75, 3.05) is 0 Å². The normalized spacial score (nSPS) is 12.3. The van der Waals surface area contributed by atoms with Gasteiger partial charge in [0.05, 0.1) is 0 Å². The van der Waals surface area contributed by atoms with Crippen molar-refractivity contribution in [1.82, 2.24) is 6.15 Å². The Hall–Kier alpha value is -1.57. The first kappa shape index (κ1) is 29.7. The largest absolute Gasteiger partial charge is 0.634 e. The number of halogens is 3. The van der Waals surface area contributed by atoms with Crippen LogP contribution in [0.25, 0.3) is 0 Å². The highest BCUT2D eigenvalue weighted by Gasteiger charge is 2.46. The molecule has 1 atom stereocenters. The molecule has 0 saturated carbocycles. The van der Waals surface area contributed by atoms with Gasteiger partial charge < -0.3 is 20.9 Å². The second-order valence-corrected chi connectivity index (χ2v) is 10.0. The Bertz CT molecular complexity index is 1110. The summed E-state index contributed by atoms with van der Waals surface area (Å²) in [4.78, 5) is 0. The van der Waals surface area contributed by atoms with E-state index >= 15 is 0 Å². The summed E-state index contributed by atoms with van der Waals surface area (Å²) < 4.78 is 6.13. The molecule has 4 nitrogen and oxygen atoms in total. The van der Waals surface area contributed by atoms with E-state index in [1.807, 2.05) is 75.4 Å². The molecule has 5 N–H and O–H groups in total.